The van der Waals surface area contributed by atoms with Gasteiger partial charge in [0.2, 0.25) is 5.91 Å². The number of carbonyl (C=O) groups is 1. The predicted octanol–water partition coefficient (Wildman–Crippen LogP) is 4.00. The van der Waals surface area contributed by atoms with E-state index < -0.39 is 11.7 Å². The van der Waals surface area contributed by atoms with E-state index >= 15 is 0 Å². The topological polar surface area (TPSA) is 50.4 Å². The fourth-order valence-corrected chi connectivity index (χ4v) is 2.38. The third-order valence-electron chi connectivity index (χ3n) is 3.63. The standard InChI is InChI=1S/C18H19F3N2O2/c1-12(15-8-3-4-9-16(15)25-2)23-17(24)11-22-14-7-5-6-13(10-14)18(19,20)21/h3-10,12,22H,11H2,1-2H3,(H,23,24). The average Bonchev–Trinajstić information content (AvgIpc) is 2.59. The summed E-state index contributed by atoms with van der Waals surface area (Å²) < 4.78 is 43.3. The summed E-state index contributed by atoms with van der Waals surface area (Å²) in [7, 11) is 1.54. The van der Waals surface area contributed by atoms with E-state index in [9.17, 15) is 18.0 Å². The first-order valence-electron chi connectivity index (χ1n) is 7.64. The van der Waals surface area contributed by atoms with Crippen LogP contribution in [-0.2, 0) is 11.0 Å². The van der Waals surface area contributed by atoms with Crippen LogP contribution in [0.15, 0.2) is 48.5 Å². The van der Waals surface area contributed by atoms with Crippen molar-refractivity contribution in [3.63, 3.8) is 0 Å². The molecule has 1 atom stereocenters. The molecule has 0 bridgehead atoms. The Morgan fingerprint density at radius 3 is 2.56 bits per heavy atom. The van der Waals surface area contributed by atoms with Crippen molar-refractivity contribution in [2.24, 2.45) is 0 Å². The second-order valence-electron chi connectivity index (χ2n) is 5.46. The maximum absolute atomic E-state index is 12.7. The summed E-state index contributed by atoms with van der Waals surface area (Å²) >= 11 is 0. The van der Waals surface area contributed by atoms with Crippen LogP contribution in [0.3, 0.4) is 0 Å². The molecule has 4 nitrogen and oxygen atoms in total. The number of halogens is 3. The molecule has 0 saturated carbocycles. The average molecular weight is 352 g/mol. The van der Waals surface area contributed by atoms with Gasteiger partial charge in [0, 0.05) is 11.3 Å². The zero-order valence-electron chi connectivity index (χ0n) is 13.9. The SMILES string of the molecule is COc1ccccc1C(C)NC(=O)CNc1cccc(C(F)(F)F)c1. The van der Waals surface area contributed by atoms with Gasteiger partial charge in [0.1, 0.15) is 5.75 Å². The summed E-state index contributed by atoms with van der Waals surface area (Å²) in [6.07, 6.45) is -4.42. The van der Waals surface area contributed by atoms with Gasteiger partial charge in [-0.1, -0.05) is 24.3 Å². The molecule has 0 aliphatic rings. The number of nitrogens with one attached hydrogen (secondary N) is 2. The first-order valence-corrected chi connectivity index (χ1v) is 7.64. The van der Waals surface area contributed by atoms with Crippen molar-refractivity contribution in [3.8, 4) is 5.75 Å². The molecule has 134 valence electrons. The van der Waals surface area contributed by atoms with Gasteiger partial charge in [-0.2, -0.15) is 13.2 Å². The molecule has 0 heterocycles. The number of anilines is 1. The highest BCUT2D eigenvalue weighted by molar-refractivity contribution is 5.81. The number of ether oxygens (including phenoxy) is 1. The molecule has 2 aromatic rings. The Morgan fingerprint density at radius 1 is 1.16 bits per heavy atom. The first-order chi connectivity index (χ1) is 11.8. The van der Waals surface area contributed by atoms with Gasteiger partial charge in [0.15, 0.2) is 0 Å². The van der Waals surface area contributed by atoms with Crippen molar-refractivity contribution >= 4 is 11.6 Å². The molecule has 2 aromatic carbocycles. The van der Waals surface area contributed by atoms with Gasteiger partial charge in [-0.15, -0.1) is 0 Å². The Hall–Kier alpha value is -2.70. The summed E-state index contributed by atoms with van der Waals surface area (Å²) in [5.41, 5.74) is 0.285. The van der Waals surface area contributed by atoms with E-state index in [4.69, 9.17) is 4.74 Å². The molecule has 1 amide bonds. The van der Waals surface area contributed by atoms with E-state index in [1.807, 2.05) is 18.2 Å². The quantitative estimate of drug-likeness (QED) is 0.826. The number of benzene rings is 2. The van der Waals surface area contributed by atoms with E-state index in [-0.39, 0.29) is 24.2 Å². The molecular formula is C18H19F3N2O2. The van der Waals surface area contributed by atoms with Crippen molar-refractivity contribution in [2.45, 2.75) is 19.1 Å². The largest absolute Gasteiger partial charge is 0.496 e. The van der Waals surface area contributed by atoms with Crippen LogP contribution in [0, 0.1) is 0 Å². The van der Waals surface area contributed by atoms with Gasteiger partial charge < -0.3 is 15.4 Å². The third-order valence-corrected chi connectivity index (χ3v) is 3.63. The Kier molecular flexibility index (Phi) is 5.90. The van der Waals surface area contributed by atoms with Gasteiger partial charge in [0.25, 0.3) is 0 Å². The molecule has 7 heteroatoms. The fourth-order valence-electron chi connectivity index (χ4n) is 2.38. The number of amides is 1. The van der Waals surface area contributed by atoms with Crippen molar-refractivity contribution in [3.05, 3.63) is 59.7 Å². The Morgan fingerprint density at radius 2 is 1.88 bits per heavy atom. The smallest absolute Gasteiger partial charge is 0.416 e. The molecular weight excluding hydrogens is 333 g/mol. The highest BCUT2D eigenvalue weighted by Gasteiger charge is 2.30. The lowest BCUT2D eigenvalue weighted by Gasteiger charge is -2.17. The molecule has 0 saturated heterocycles. The second kappa shape index (κ2) is 7.92. The summed E-state index contributed by atoms with van der Waals surface area (Å²) in [4.78, 5) is 12.0. The van der Waals surface area contributed by atoms with Gasteiger partial charge in [-0.3, -0.25) is 4.79 Å². The summed E-state index contributed by atoms with van der Waals surface area (Å²) in [5.74, 6) is 0.317. The number of carbonyl (C=O) groups excluding carboxylic acids is 1. The van der Waals surface area contributed by atoms with E-state index in [1.54, 1.807) is 20.1 Å². The van der Waals surface area contributed by atoms with Crippen LogP contribution in [0.5, 0.6) is 5.75 Å². The molecule has 0 aliphatic heterocycles. The van der Waals surface area contributed by atoms with Gasteiger partial charge in [0.05, 0.1) is 25.3 Å². The Balaban J connectivity index is 1.95. The normalized spacial score (nSPS) is 12.4. The summed E-state index contributed by atoms with van der Waals surface area (Å²) in [6.45, 7) is 1.67. The predicted molar refractivity (Wildman–Crippen MR) is 89.5 cm³/mol. The summed E-state index contributed by atoms with van der Waals surface area (Å²) in [5, 5.41) is 5.48. The van der Waals surface area contributed by atoms with E-state index in [0.717, 1.165) is 17.7 Å². The van der Waals surface area contributed by atoms with E-state index in [1.165, 1.54) is 12.1 Å². The Labute approximate surface area is 144 Å². The fraction of sp³-hybridized carbons (Fsp3) is 0.278. The van der Waals surface area contributed by atoms with Crippen LogP contribution in [0.25, 0.3) is 0 Å². The Bertz CT molecular complexity index is 732. The first kappa shape index (κ1) is 18.6. The van der Waals surface area contributed by atoms with Crippen LogP contribution in [0.1, 0.15) is 24.1 Å². The highest BCUT2D eigenvalue weighted by Crippen LogP contribution is 2.30. The number of alkyl halides is 3. The maximum atomic E-state index is 12.7. The van der Waals surface area contributed by atoms with Gasteiger partial charge in [-0.05, 0) is 31.2 Å². The number of para-hydroxylation sites is 1. The van der Waals surface area contributed by atoms with Crippen LogP contribution in [0.2, 0.25) is 0 Å². The molecule has 0 fully saturated rings. The second-order valence-corrected chi connectivity index (χ2v) is 5.46. The number of methoxy groups -OCH3 is 1. The van der Waals surface area contributed by atoms with Crippen LogP contribution in [0.4, 0.5) is 18.9 Å². The molecule has 0 spiro atoms. The minimum Gasteiger partial charge on any atom is -0.496 e. The minimum atomic E-state index is -4.42. The molecule has 2 N–H and O–H groups in total. The lowest BCUT2D eigenvalue weighted by molar-refractivity contribution is -0.137. The minimum absolute atomic E-state index is 0.138. The molecule has 1 unspecified atom stereocenters. The van der Waals surface area contributed by atoms with Crippen molar-refractivity contribution in [1.29, 1.82) is 0 Å². The zero-order chi connectivity index (χ0) is 18.4. The van der Waals surface area contributed by atoms with Gasteiger partial charge >= 0.3 is 6.18 Å². The third kappa shape index (κ3) is 5.14. The number of rotatable bonds is 6. The zero-order valence-corrected chi connectivity index (χ0v) is 13.9. The van der Waals surface area contributed by atoms with Crippen LogP contribution >= 0.6 is 0 Å². The summed E-state index contributed by atoms with van der Waals surface area (Å²) in [6, 6.07) is 11.7. The van der Waals surface area contributed by atoms with Gasteiger partial charge in [-0.25, -0.2) is 0 Å². The monoisotopic (exact) mass is 352 g/mol. The molecule has 0 radical (unpaired) electrons. The van der Waals surface area contributed by atoms with Crippen molar-refractivity contribution in [1.82, 2.24) is 5.32 Å². The lowest BCUT2D eigenvalue weighted by Crippen LogP contribution is -2.32. The van der Waals surface area contributed by atoms with E-state index in [2.05, 4.69) is 10.6 Å². The maximum Gasteiger partial charge on any atom is 0.416 e. The molecule has 25 heavy (non-hydrogen) atoms. The molecule has 0 aromatic heterocycles. The van der Waals surface area contributed by atoms with Crippen molar-refractivity contribution < 1.29 is 22.7 Å². The van der Waals surface area contributed by atoms with Crippen LogP contribution in [-0.4, -0.2) is 19.6 Å². The molecule has 2 rings (SSSR count). The van der Waals surface area contributed by atoms with Crippen LogP contribution < -0.4 is 15.4 Å². The van der Waals surface area contributed by atoms with Crippen molar-refractivity contribution in [2.75, 3.05) is 19.0 Å². The lowest BCUT2D eigenvalue weighted by atomic mass is 10.1. The molecule has 0 aliphatic carbocycles. The van der Waals surface area contributed by atoms with E-state index in [0.29, 0.717) is 5.75 Å². The highest BCUT2D eigenvalue weighted by atomic mass is 19.4. The number of hydrogen-bond acceptors (Lipinski definition) is 3. The number of hydrogen-bond donors (Lipinski definition) is 2.